The van der Waals surface area contributed by atoms with Gasteiger partial charge < -0.3 is 19.5 Å². The summed E-state index contributed by atoms with van der Waals surface area (Å²) in [6.45, 7) is 4.29. The highest BCUT2D eigenvalue weighted by Gasteiger charge is 2.52. The van der Waals surface area contributed by atoms with Crippen molar-refractivity contribution in [3.63, 3.8) is 0 Å². The standard InChI is InChI=1S/C23H29N3O4S/c1-3-17(26-10-4-5-16(26)13-28-2)20-12-24-22(31-20)25-21(27)23(8-9-23)15-6-7-18-19(11-15)30-14-29-18/h6-7,11-12,16-17H,3-5,8-10,13-14H2,1-2H3,(H,24,25,27)/t16-,17?/m0/s1. The number of rotatable bonds is 8. The van der Waals surface area contributed by atoms with Gasteiger partial charge in [0.1, 0.15) is 0 Å². The topological polar surface area (TPSA) is 72.9 Å². The molecule has 1 aliphatic carbocycles. The summed E-state index contributed by atoms with van der Waals surface area (Å²) in [7, 11) is 1.77. The van der Waals surface area contributed by atoms with Crippen LogP contribution in [-0.4, -0.2) is 48.9 Å². The summed E-state index contributed by atoms with van der Waals surface area (Å²) in [5.74, 6) is 1.47. The number of hydrogen-bond acceptors (Lipinski definition) is 7. The normalized spacial score (nSPS) is 22.5. The fourth-order valence-electron chi connectivity index (χ4n) is 4.92. The van der Waals surface area contributed by atoms with Crippen LogP contribution in [0.25, 0.3) is 0 Å². The van der Waals surface area contributed by atoms with Crippen LogP contribution >= 0.6 is 11.3 Å². The molecule has 0 radical (unpaired) electrons. The Morgan fingerprint density at radius 1 is 1.39 bits per heavy atom. The first-order valence-electron chi connectivity index (χ1n) is 11.1. The largest absolute Gasteiger partial charge is 0.454 e. The minimum atomic E-state index is -0.491. The van der Waals surface area contributed by atoms with Crippen LogP contribution in [0.15, 0.2) is 24.4 Å². The summed E-state index contributed by atoms with van der Waals surface area (Å²) in [5, 5.41) is 3.76. The summed E-state index contributed by atoms with van der Waals surface area (Å²) >= 11 is 1.59. The Morgan fingerprint density at radius 2 is 2.23 bits per heavy atom. The lowest BCUT2D eigenvalue weighted by molar-refractivity contribution is -0.118. The smallest absolute Gasteiger partial charge is 0.236 e. The van der Waals surface area contributed by atoms with Crippen molar-refractivity contribution in [1.82, 2.24) is 9.88 Å². The van der Waals surface area contributed by atoms with Crippen LogP contribution in [0.5, 0.6) is 11.5 Å². The quantitative estimate of drug-likeness (QED) is 0.662. The Labute approximate surface area is 186 Å². The van der Waals surface area contributed by atoms with Gasteiger partial charge in [0.15, 0.2) is 16.6 Å². The second-order valence-electron chi connectivity index (χ2n) is 8.59. The van der Waals surface area contributed by atoms with E-state index in [0.717, 1.165) is 49.5 Å². The van der Waals surface area contributed by atoms with Crippen molar-refractivity contribution in [2.45, 2.75) is 56.5 Å². The van der Waals surface area contributed by atoms with Gasteiger partial charge in [-0.25, -0.2) is 4.98 Å². The number of aromatic nitrogens is 1. The van der Waals surface area contributed by atoms with Gasteiger partial charge in [0.05, 0.1) is 12.0 Å². The molecule has 8 heteroatoms. The SMILES string of the molecule is CCC(c1cnc(NC(=O)C2(c3ccc4c(c3)OCO4)CC2)s1)N1CCC[C@H]1COC. The minimum absolute atomic E-state index is 0.0127. The molecule has 2 fully saturated rings. The van der Waals surface area contributed by atoms with Gasteiger partial charge in [-0.1, -0.05) is 13.0 Å². The van der Waals surface area contributed by atoms with Crippen LogP contribution in [0.2, 0.25) is 0 Å². The van der Waals surface area contributed by atoms with E-state index >= 15 is 0 Å². The summed E-state index contributed by atoms with van der Waals surface area (Å²) in [6.07, 6.45) is 6.98. The Kier molecular flexibility index (Phi) is 5.62. The van der Waals surface area contributed by atoms with Crippen LogP contribution in [0.1, 0.15) is 55.5 Å². The number of thiazole rings is 1. The lowest BCUT2D eigenvalue weighted by atomic mass is 9.94. The molecule has 7 nitrogen and oxygen atoms in total. The first-order valence-corrected chi connectivity index (χ1v) is 11.9. The van der Waals surface area contributed by atoms with Crippen molar-refractivity contribution < 1.29 is 19.0 Å². The number of benzene rings is 1. The van der Waals surface area contributed by atoms with Gasteiger partial charge in [-0.15, -0.1) is 11.3 Å². The molecule has 1 saturated heterocycles. The molecule has 1 aromatic heterocycles. The van der Waals surface area contributed by atoms with E-state index in [1.54, 1.807) is 18.4 Å². The lowest BCUT2D eigenvalue weighted by Crippen LogP contribution is -2.35. The summed E-state index contributed by atoms with van der Waals surface area (Å²) in [4.78, 5) is 21.5. The number of methoxy groups -OCH3 is 1. The average molecular weight is 444 g/mol. The van der Waals surface area contributed by atoms with Gasteiger partial charge in [-0.05, 0) is 56.3 Å². The fourth-order valence-corrected chi connectivity index (χ4v) is 5.94. The van der Waals surface area contributed by atoms with E-state index in [-0.39, 0.29) is 12.7 Å². The Hall–Kier alpha value is -2.16. The first kappa shape index (κ1) is 20.7. The molecule has 1 N–H and O–H groups in total. The van der Waals surface area contributed by atoms with E-state index in [1.165, 1.54) is 17.7 Å². The van der Waals surface area contributed by atoms with Gasteiger partial charge in [0, 0.05) is 30.3 Å². The molecule has 3 heterocycles. The third kappa shape index (κ3) is 3.81. The maximum Gasteiger partial charge on any atom is 0.236 e. The van der Waals surface area contributed by atoms with E-state index in [2.05, 4.69) is 22.1 Å². The predicted molar refractivity (Wildman–Crippen MR) is 119 cm³/mol. The van der Waals surface area contributed by atoms with Gasteiger partial charge >= 0.3 is 0 Å². The summed E-state index contributed by atoms with van der Waals surface area (Å²) in [5.41, 5.74) is 0.493. The van der Waals surface area contributed by atoms with E-state index in [4.69, 9.17) is 14.2 Å². The molecule has 5 rings (SSSR count). The number of hydrogen-bond donors (Lipinski definition) is 1. The highest BCUT2D eigenvalue weighted by atomic mass is 32.1. The molecule has 0 bridgehead atoms. The molecule has 3 aliphatic rings. The van der Waals surface area contributed by atoms with Gasteiger partial charge in [-0.3, -0.25) is 9.69 Å². The number of amides is 1. The van der Waals surface area contributed by atoms with Crippen molar-refractivity contribution in [1.29, 1.82) is 0 Å². The average Bonchev–Trinajstić information content (AvgIpc) is 3.10. The zero-order chi connectivity index (χ0) is 21.4. The van der Waals surface area contributed by atoms with Crippen molar-refractivity contribution >= 4 is 22.4 Å². The van der Waals surface area contributed by atoms with Crippen molar-refractivity contribution in [3.05, 3.63) is 34.8 Å². The second-order valence-corrected chi connectivity index (χ2v) is 9.65. The number of fused-ring (bicyclic) bond motifs is 1. The highest BCUT2D eigenvalue weighted by molar-refractivity contribution is 7.15. The zero-order valence-electron chi connectivity index (χ0n) is 18.1. The lowest BCUT2D eigenvalue weighted by Gasteiger charge is -2.31. The molecule has 1 unspecified atom stereocenters. The molecule has 1 aromatic carbocycles. The number of nitrogens with one attached hydrogen (secondary N) is 1. The van der Waals surface area contributed by atoms with Crippen LogP contribution < -0.4 is 14.8 Å². The molecule has 1 amide bonds. The maximum absolute atomic E-state index is 13.2. The maximum atomic E-state index is 13.2. The molecule has 1 saturated carbocycles. The number of ether oxygens (including phenoxy) is 3. The van der Waals surface area contributed by atoms with Crippen LogP contribution in [0.3, 0.4) is 0 Å². The minimum Gasteiger partial charge on any atom is -0.454 e. The molecule has 166 valence electrons. The summed E-state index contributed by atoms with van der Waals surface area (Å²) in [6, 6.07) is 6.58. The first-order chi connectivity index (χ1) is 15.1. The number of nitrogens with zero attached hydrogens (tertiary/aromatic N) is 2. The fraction of sp³-hybridized carbons (Fsp3) is 0.565. The van der Waals surface area contributed by atoms with E-state index < -0.39 is 5.41 Å². The van der Waals surface area contributed by atoms with Gasteiger partial charge in [0.25, 0.3) is 0 Å². The Balaban J connectivity index is 1.29. The number of carbonyl (C=O) groups is 1. The van der Waals surface area contributed by atoms with Crippen LogP contribution in [0, 0.1) is 0 Å². The molecule has 0 spiro atoms. The number of carbonyl (C=O) groups excluding carboxylic acids is 1. The third-order valence-corrected chi connectivity index (χ3v) is 7.77. The van der Waals surface area contributed by atoms with E-state index in [0.29, 0.717) is 17.2 Å². The number of likely N-dealkylation sites (tertiary alicyclic amines) is 1. The molecular formula is C23H29N3O4S. The monoisotopic (exact) mass is 443 g/mol. The molecule has 31 heavy (non-hydrogen) atoms. The Bertz CT molecular complexity index is 958. The second kappa shape index (κ2) is 8.41. The van der Waals surface area contributed by atoms with Crippen LogP contribution in [-0.2, 0) is 14.9 Å². The van der Waals surface area contributed by atoms with E-state index in [9.17, 15) is 4.79 Å². The van der Waals surface area contributed by atoms with Crippen LogP contribution in [0.4, 0.5) is 5.13 Å². The number of anilines is 1. The molecule has 2 aliphatic heterocycles. The van der Waals surface area contributed by atoms with E-state index in [1.807, 2.05) is 24.4 Å². The van der Waals surface area contributed by atoms with Crippen molar-refractivity contribution in [3.8, 4) is 11.5 Å². The third-order valence-electron chi connectivity index (χ3n) is 6.75. The zero-order valence-corrected chi connectivity index (χ0v) is 18.9. The Morgan fingerprint density at radius 3 is 3.00 bits per heavy atom. The van der Waals surface area contributed by atoms with Crippen molar-refractivity contribution in [2.75, 3.05) is 32.4 Å². The molecular weight excluding hydrogens is 414 g/mol. The molecule has 2 atom stereocenters. The summed E-state index contributed by atoms with van der Waals surface area (Å²) < 4.78 is 16.3. The van der Waals surface area contributed by atoms with Gasteiger partial charge in [-0.2, -0.15) is 0 Å². The van der Waals surface area contributed by atoms with Crippen molar-refractivity contribution in [2.24, 2.45) is 0 Å². The predicted octanol–water partition coefficient (Wildman–Crippen LogP) is 4.10. The van der Waals surface area contributed by atoms with Gasteiger partial charge in [0.2, 0.25) is 12.7 Å². The molecule has 2 aromatic rings. The highest BCUT2D eigenvalue weighted by Crippen LogP contribution is 2.51.